The smallest absolute Gasteiger partial charge is 0.0992 e. The van der Waals surface area contributed by atoms with E-state index in [0.29, 0.717) is 5.56 Å². The molecule has 0 bridgehead atoms. The topological polar surface area (TPSA) is 39.1 Å². The molecular formula is C13H18BrN3. The van der Waals surface area contributed by atoms with E-state index in [2.05, 4.69) is 46.3 Å². The molecule has 0 spiro atoms. The van der Waals surface area contributed by atoms with Crippen LogP contribution in [0.2, 0.25) is 0 Å². The van der Waals surface area contributed by atoms with E-state index in [1.54, 1.807) is 0 Å². The van der Waals surface area contributed by atoms with Gasteiger partial charge in [-0.05, 0) is 51.7 Å². The van der Waals surface area contributed by atoms with Crippen molar-refractivity contribution in [2.75, 3.05) is 32.5 Å². The molecule has 0 radical (unpaired) electrons. The van der Waals surface area contributed by atoms with Gasteiger partial charge in [0.15, 0.2) is 0 Å². The Morgan fingerprint density at radius 1 is 1.29 bits per heavy atom. The first kappa shape index (κ1) is 14.0. The number of rotatable bonds is 6. The van der Waals surface area contributed by atoms with Crippen LogP contribution in [-0.2, 0) is 0 Å². The minimum absolute atomic E-state index is 0.676. The Balaban J connectivity index is 2.37. The number of halogens is 1. The van der Waals surface area contributed by atoms with Crippen LogP contribution >= 0.6 is 15.9 Å². The van der Waals surface area contributed by atoms with Gasteiger partial charge in [0.1, 0.15) is 0 Å². The number of nitrogens with zero attached hydrogens (tertiary/aromatic N) is 2. The maximum Gasteiger partial charge on any atom is 0.0992 e. The van der Waals surface area contributed by atoms with Crippen molar-refractivity contribution in [3.8, 4) is 6.07 Å². The zero-order valence-corrected chi connectivity index (χ0v) is 11.9. The number of hydrogen-bond donors (Lipinski definition) is 1. The molecule has 0 aromatic heterocycles. The van der Waals surface area contributed by atoms with Crippen molar-refractivity contribution in [2.45, 2.75) is 12.8 Å². The van der Waals surface area contributed by atoms with Gasteiger partial charge in [0.25, 0.3) is 0 Å². The molecule has 0 saturated carbocycles. The van der Waals surface area contributed by atoms with Crippen molar-refractivity contribution >= 4 is 21.6 Å². The first-order chi connectivity index (χ1) is 8.11. The Kier molecular flexibility index (Phi) is 6.03. The minimum Gasteiger partial charge on any atom is -0.385 e. The van der Waals surface area contributed by atoms with Gasteiger partial charge in [0.05, 0.1) is 11.6 Å². The summed E-state index contributed by atoms with van der Waals surface area (Å²) in [5.74, 6) is 0. The molecule has 0 atom stereocenters. The highest BCUT2D eigenvalue weighted by molar-refractivity contribution is 9.10. The van der Waals surface area contributed by atoms with E-state index in [-0.39, 0.29) is 0 Å². The summed E-state index contributed by atoms with van der Waals surface area (Å²) >= 11 is 3.40. The minimum atomic E-state index is 0.676. The van der Waals surface area contributed by atoms with Crippen LogP contribution in [0, 0.1) is 11.3 Å². The van der Waals surface area contributed by atoms with E-state index in [1.807, 2.05) is 18.2 Å². The first-order valence-electron chi connectivity index (χ1n) is 5.71. The summed E-state index contributed by atoms with van der Waals surface area (Å²) in [6.45, 7) is 2.05. The third-order valence-corrected chi connectivity index (χ3v) is 2.85. The molecule has 3 nitrogen and oxygen atoms in total. The highest BCUT2D eigenvalue weighted by Gasteiger charge is 1.98. The van der Waals surface area contributed by atoms with Crippen LogP contribution in [0.1, 0.15) is 18.4 Å². The summed E-state index contributed by atoms with van der Waals surface area (Å²) in [7, 11) is 4.17. The maximum atomic E-state index is 8.85. The molecule has 0 heterocycles. The lowest BCUT2D eigenvalue weighted by Crippen LogP contribution is -2.14. The third-order valence-electron chi connectivity index (χ3n) is 2.39. The Hall–Kier alpha value is -1.05. The SMILES string of the molecule is CN(C)CCCCNc1cc(Br)cc(C#N)c1. The third kappa shape index (κ3) is 5.71. The van der Waals surface area contributed by atoms with Crippen molar-refractivity contribution in [3.63, 3.8) is 0 Å². The molecular weight excluding hydrogens is 278 g/mol. The van der Waals surface area contributed by atoms with Crippen LogP contribution in [0.5, 0.6) is 0 Å². The first-order valence-corrected chi connectivity index (χ1v) is 6.50. The normalized spacial score (nSPS) is 10.3. The predicted molar refractivity (Wildman–Crippen MR) is 75.1 cm³/mol. The van der Waals surface area contributed by atoms with Crippen LogP contribution in [0.4, 0.5) is 5.69 Å². The van der Waals surface area contributed by atoms with Crippen LogP contribution in [0.15, 0.2) is 22.7 Å². The Labute approximate surface area is 112 Å². The van der Waals surface area contributed by atoms with Gasteiger partial charge in [-0.15, -0.1) is 0 Å². The predicted octanol–water partition coefficient (Wildman–Crippen LogP) is 3.07. The fourth-order valence-corrected chi connectivity index (χ4v) is 2.04. The van der Waals surface area contributed by atoms with E-state index in [0.717, 1.165) is 29.7 Å². The van der Waals surface area contributed by atoms with Gasteiger partial charge in [0, 0.05) is 16.7 Å². The summed E-state index contributed by atoms with van der Waals surface area (Å²) in [5.41, 5.74) is 1.68. The highest BCUT2D eigenvalue weighted by atomic mass is 79.9. The fraction of sp³-hybridized carbons (Fsp3) is 0.462. The number of anilines is 1. The largest absolute Gasteiger partial charge is 0.385 e. The van der Waals surface area contributed by atoms with Crippen molar-refractivity contribution in [2.24, 2.45) is 0 Å². The lowest BCUT2D eigenvalue weighted by atomic mass is 10.2. The average molecular weight is 296 g/mol. The van der Waals surface area contributed by atoms with Crippen LogP contribution in [-0.4, -0.2) is 32.1 Å². The molecule has 0 saturated heterocycles. The molecule has 0 aliphatic carbocycles. The van der Waals surface area contributed by atoms with Crippen LogP contribution in [0.3, 0.4) is 0 Å². The molecule has 0 fully saturated rings. The molecule has 0 unspecified atom stereocenters. The second-order valence-corrected chi connectivity index (χ2v) is 5.19. The zero-order chi connectivity index (χ0) is 12.7. The quantitative estimate of drug-likeness (QED) is 0.820. The molecule has 1 rings (SSSR count). The zero-order valence-electron chi connectivity index (χ0n) is 10.3. The highest BCUT2D eigenvalue weighted by Crippen LogP contribution is 2.19. The van der Waals surface area contributed by atoms with Gasteiger partial charge >= 0.3 is 0 Å². The van der Waals surface area contributed by atoms with Gasteiger partial charge < -0.3 is 10.2 Å². The molecule has 17 heavy (non-hydrogen) atoms. The van der Waals surface area contributed by atoms with E-state index in [9.17, 15) is 0 Å². The van der Waals surface area contributed by atoms with Gasteiger partial charge in [0.2, 0.25) is 0 Å². The Morgan fingerprint density at radius 3 is 2.71 bits per heavy atom. The fourth-order valence-electron chi connectivity index (χ4n) is 1.54. The van der Waals surface area contributed by atoms with E-state index in [1.165, 1.54) is 6.42 Å². The molecule has 0 aliphatic heterocycles. The molecule has 1 aromatic carbocycles. The molecule has 0 amide bonds. The van der Waals surface area contributed by atoms with E-state index >= 15 is 0 Å². The van der Waals surface area contributed by atoms with Crippen molar-refractivity contribution in [3.05, 3.63) is 28.2 Å². The second kappa shape index (κ2) is 7.31. The van der Waals surface area contributed by atoms with Gasteiger partial charge in [-0.25, -0.2) is 0 Å². The van der Waals surface area contributed by atoms with Gasteiger partial charge in [-0.2, -0.15) is 5.26 Å². The lowest BCUT2D eigenvalue weighted by Gasteiger charge is -2.10. The summed E-state index contributed by atoms with van der Waals surface area (Å²) in [5, 5.41) is 12.2. The summed E-state index contributed by atoms with van der Waals surface area (Å²) < 4.78 is 0.937. The monoisotopic (exact) mass is 295 g/mol. The average Bonchev–Trinajstić information content (AvgIpc) is 2.27. The number of nitrogens with one attached hydrogen (secondary N) is 1. The van der Waals surface area contributed by atoms with Crippen LogP contribution < -0.4 is 5.32 Å². The van der Waals surface area contributed by atoms with E-state index in [4.69, 9.17) is 5.26 Å². The summed E-state index contributed by atoms with van der Waals surface area (Å²) in [4.78, 5) is 2.19. The molecule has 92 valence electrons. The van der Waals surface area contributed by atoms with Crippen LogP contribution in [0.25, 0.3) is 0 Å². The lowest BCUT2D eigenvalue weighted by molar-refractivity contribution is 0.396. The molecule has 0 aliphatic rings. The van der Waals surface area contributed by atoms with Crippen molar-refractivity contribution in [1.29, 1.82) is 5.26 Å². The number of nitriles is 1. The summed E-state index contributed by atoms with van der Waals surface area (Å²) in [6.07, 6.45) is 2.31. The Bertz CT molecular complexity index is 396. The van der Waals surface area contributed by atoms with Gasteiger partial charge in [-0.1, -0.05) is 15.9 Å². The number of hydrogen-bond acceptors (Lipinski definition) is 3. The molecule has 1 N–H and O–H groups in total. The summed E-state index contributed by atoms with van der Waals surface area (Å²) in [6, 6.07) is 7.83. The molecule has 4 heteroatoms. The number of unbranched alkanes of at least 4 members (excludes halogenated alkanes) is 1. The van der Waals surface area contributed by atoms with E-state index < -0.39 is 0 Å². The van der Waals surface area contributed by atoms with Crippen molar-refractivity contribution in [1.82, 2.24) is 4.90 Å². The standard InChI is InChI=1S/C13H18BrN3/c1-17(2)6-4-3-5-16-13-8-11(10-15)7-12(14)9-13/h7-9,16H,3-6H2,1-2H3. The maximum absolute atomic E-state index is 8.85. The number of benzene rings is 1. The second-order valence-electron chi connectivity index (χ2n) is 4.28. The Morgan fingerprint density at radius 2 is 2.06 bits per heavy atom. The van der Waals surface area contributed by atoms with Crippen molar-refractivity contribution < 1.29 is 0 Å². The molecule has 1 aromatic rings. The van der Waals surface area contributed by atoms with Gasteiger partial charge in [-0.3, -0.25) is 0 Å².